The van der Waals surface area contributed by atoms with Crippen molar-refractivity contribution in [3.8, 4) is 11.6 Å². The van der Waals surface area contributed by atoms with Gasteiger partial charge in [0.25, 0.3) is 0 Å². The van der Waals surface area contributed by atoms with E-state index >= 15 is 0 Å². The first-order chi connectivity index (χ1) is 13.1. The summed E-state index contributed by atoms with van der Waals surface area (Å²) in [6.45, 7) is 1.91. The van der Waals surface area contributed by atoms with Crippen molar-refractivity contribution in [3.05, 3.63) is 59.5 Å². The third-order valence-corrected chi connectivity index (χ3v) is 4.76. The van der Waals surface area contributed by atoms with E-state index in [1.165, 1.54) is 6.33 Å². The van der Waals surface area contributed by atoms with Crippen LogP contribution in [0.15, 0.2) is 42.7 Å². The number of hydrogen-bond donors (Lipinski definition) is 2. The van der Waals surface area contributed by atoms with E-state index in [0.717, 1.165) is 16.8 Å². The number of aromatic hydroxyl groups is 1. The van der Waals surface area contributed by atoms with Gasteiger partial charge in [-0.3, -0.25) is 4.79 Å². The lowest BCUT2D eigenvalue weighted by Gasteiger charge is -2.24. The summed E-state index contributed by atoms with van der Waals surface area (Å²) >= 11 is 0. The molecule has 0 fully saturated rings. The molecular formula is C18H15N7O2. The minimum absolute atomic E-state index is 0.0906. The summed E-state index contributed by atoms with van der Waals surface area (Å²) in [5.74, 6) is 1.13. The van der Waals surface area contributed by atoms with Gasteiger partial charge in [0.15, 0.2) is 11.5 Å². The van der Waals surface area contributed by atoms with Crippen molar-refractivity contribution < 1.29 is 9.90 Å². The Morgan fingerprint density at radius 2 is 1.96 bits per heavy atom. The molecule has 3 aromatic heterocycles. The smallest absolute Gasteiger partial charge is 0.226 e. The van der Waals surface area contributed by atoms with Crippen LogP contribution in [-0.2, 0) is 4.79 Å². The second kappa shape index (κ2) is 5.63. The quantitative estimate of drug-likeness (QED) is 0.563. The highest BCUT2D eigenvalue weighted by Gasteiger charge is 2.33. The van der Waals surface area contributed by atoms with Gasteiger partial charge in [-0.05, 0) is 36.8 Å². The molecule has 4 aromatic rings. The summed E-state index contributed by atoms with van der Waals surface area (Å²) in [5, 5.41) is 29.4. The van der Waals surface area contributed by atoms with Crippen molar-refractivity contribution in [1.29, 1.82) is 0 Å². The largest absolute Gasteiger partial charge is 0.508 e. The zero-order valence-electron chi connectivity index (χ0n) is 14.4. The summed E-state index contributed by atoms with van der Waals surface area (Å²) in [4.78, 5) is 12.4. The second-order valence-electron chi connectivity index (χ2n) is 6.48. The van der Waals surface area contributed by atoms with Gasteiger partial charge >= 0.3 is 0 Å². The molecule has 0 bridgehead atoms. The minimum Gasteiger partial charge on any atom is -0.508 e. The summed E-state index contributed by atoms with van der Waals surface area (Å²) in [5.41, 5.74) is 3.34. The SMILES string of the molecule is Cc1nn(-c2ccc3nncn3n2)c2c1C(c1ccc(O)cc1)CC(=O)N2. The molecule has 1 unspecified atom stereocenters. The number of nitrogens with one attached hydrogen (secondary N) is 1. The first-order valence-electron chi connectivity index (χ1n) is 8.46. The maximum Gasteiger partial charge on any atom is 0.226 e. The van der Waals surface area contributed by atoms with E-state index < -0.39 is 0 Å². The fraction of sp³-hybridized carbons (Fsp3) is 0.167. The molecule has 27 heavy (non-hydrogen) atoms. The van der Waals surface area contributed by atoms with E-state index in [2.05, 4.69) is 25.7 Å². The predicted octanol–water partition coefficient (Wildman–Crippen LogP) is 1.80. The lowest BCUT2D eigenvalue weighted by Crippen LogP contribution is -2.25. The maximum absolute atomic E-state index is 12.4. The highest BCUT2D eigenvalue weighted by Crippen LogP contribution is 2.40. The third-order valence-electron chi connectivity index (χ3n) is 4.76. The van der Waals surface area contributed by atoms with Crippen LogP contribution in [-0.4, -0.2) is 40.6 Å². The normalized spacial score (nSPS) is 16.3. The Morgan fingerprint density at radius 1 is 1.15 bits per heavy atom. The molecule has 1 aliphatic heterocycles. The van der Waals surface area contributed by atoms with Gasteiger partial charge < -0.3 is 10.4 Å². The Labute approximate surface area is 153 Å². The van der Waals surface area contributed by atoms with Crippen LogP contribution in [0.3, 0.4) is 0 Å². The summed E-state index contributed by atoms with van der Waals surface area (Å²) in [6.07, 6.45) is 1.84. The molecule has 1 aliphatic rings. The van der Waals surface area contributed by atoms with Crippen molar-refractivity contribution in [2.75, 3.05) is 5.32 Å². The molecule has 134 valence electrons. The summed E-state index contributed by atoms with van der Waals surface area (Å²) in [6, 6.07) is 10.5. The van der Waals surface area contributed by atoms with Crippen molar-refractivity contribution in [3.63, 3.8) is 0 Å². The fourth-order valence-electron chi connectivity index (χ4n) is 3.54. The number of rotatable bonds is 2. The van der Waals surface area contributed by atoms with Gasteiger partial charge in [0.05, 0.1) is 5.69 Å². The van der Waals surface area contributed by atoms with E-state index in [1.807, 2.05) is 19.1 Å². The molecule has 1 aromatic carbocycles. The first kappa shape index (κ1) is 15.5. The van der Waals surface area contributed by atoms with Gasteiger partial charge in [-0.15, -0.1) is 15.3 Å². The lowest BCUT2D eigenvalue weighted by atomic mass is 9.86. The molecule has 0 saturated heterocycles. The number of benzene rings is 1. The van der Waals surface area contributed by atoms with Gasteiger partial charge in [0.1, 0.15) is 17.9 Å². The van der Waals surface area contributed by atoms with E-state index in [0.29, 0.717) is 23.7 Å². The molecule has 1 atom stereocenters. The number of nitrogens with zero attached hydrogens (tertiary/aromatic N) is 6. The Kier molecular flexibility index (Phi) is 3.23. The number of phenolic OH excluding ortho intramolecular Hbond substituents is 1. The van der Waals surface area contributed by atoms with Crippen molar-refractivity contribution in [2.45, 2.75) is 19.3 Å². The molecule has 0 aliphatic carbocycles. The number of fused-ring (bicyclic) bond motifs is 2. The number of hydrogen-bond acceptors (Lipinski definition) is 6. The average Bonchev–Trinajstić information content (AvgIpc) is 3.25. The van der Waals surface area contributed by atoms with Crippen molar-refractivity contribution >= 4 is 17.4 Å². The average molecular weight is 361 g/mol. The van der Waals surface area contributed by atoms with Gasteiger partial charge in [0.2, 0.25) is 5.91 Å². The number of carbonyl (C=O) groups is 1. The number of amides is 1. The van der Waals surface area contributed by atoms with Crippen LogP contribution < -0.4 is 5.32 Å². The zero-order chi connectivity index (χ0) is 18.5. The van der Waals surface area contributed by atoms with E-state index in [4.69, 9.17) is 0 Å². The third kappa shape index (κ3) is 2.43. The molecule has 0 spiro atoms. The van der Waals surface area contributed by atoms with E-state index in [9.17, 15) is 9.90 Å². The van der Waals surface area contributed by atoms with Gasteiger partial charge in [-0.25, -0.2) is 0 Å². The van der Waals surface area contributed by atoms with Crippen LogP contribution in [0.5, 0.6) is 5.75 Å². The van der Waals surface area contributed by atoms with Crippen LogP contribution in [0.2, 0.25) is 0 Å². The van der Waals surface area contributed by atoms with Crippen LogP contribution >= 0.6 is 0 Å². The van der Waals surface area contributed by atoms with Crippen LogP contribution in [0.4, 0.5) is 5.82 Å². The number of phenols is 1. The lowest BCUT2D eigenvalue weighted by molar-refractivity contribution is -0.116. The standard InChI is InChI=1S/C18H15N7O2/c1-10-17-13(11-2-4-12(26)5-3-11)8-16(27)20-18(17)25(22-10)15-7-6-14-21-19-9-24(14)23-15/h2-7,9,13,26H,8H2,1H3,(H,20,27). The topological polar surface area (TPSA) is 110 Å². The summed E-state index contributed by atoms with van der Waals surface area (Å²) < 4.78 is 3.19. The Hall–Kier alpha value is -3.75. The fourth-order valence-corrected chi connectivity index (χ4v) is 3.54. The molecule has 1 amide bonds. The highest BCUT2D eigenvalue weighted by atomic mass is 16.3. The van der Waals surface area contributed by atoms with Gasteiger partial charge in [-0.1, -0.05) is 12.1 Å². The number of anilines is 1. The molecule has 4 heterocycles. The molecule has 9 heteroatoms. The Bertz CT molecular complexity index is 1180. The predicted molar refractivity (Wildman–Crippen MR) is 95.8 cm³/mol. The second-order valence-corrected chi connectivity index (χ2v) is 6.48. The van der Waals surface area contributed by atoms with Gasteiger partial charge in [-0.2, -0.15) is 14.3 Å². The molecule has 2 N–H and O–H groups in total. The highest BCUT2D eigenvalue weighted by molar-refractivity contribution is 5.95. The molecule has 9 nitrogen and oxygen atoms in total. The zero-order valence-corrected chi connectivity index (χ0v) is 14.4. The molecule has 0 saturated carbocycles. The van der Waals surface area contributed by atoms with Crippen molar-refractivity contribution in [1.82, 2.24) is 29.6 Å². The molecule has 0 radical (unpaired) electrons. The molecular weight excluding hydrogens is 346 g/mol. The van der Waals surface area contributed by atoms with Gasteiger partial charge in [0, 0.05) is 17.9 Å². The van der Waals surface area contributed by atoms with Crippen LogP contribution in [0.1, 0.15) is 29.2 Å². The first-order valence-corrected chi connectivity index (χ1v) is 8.46. The monoisotopic (exact) mass is 361 g/mol. The number of aromatic nitrogens is 6. The van der Waals surface area contributed by atoms with Crippen LogP contribution in [0.25, 0.3) is 11.5 Å². The molecule has 5 rings (SSSR count). The summed E-state index contributed by atoms with van der Waals surface area (Å²) in [7, 11) is 0. The Morgan fingerprint density at radius 3 is 2.78 bits per heavy atom. The Balaban J connectivity index is 1.67. The van der Waals surface area contributed by atoms with E-state index in [-0.39, 0.29) is 17.6 Å². The van der Waals surface area contributed by atoms with Crippen molar-refractivity contribution in [2.24, 2.45) is 0 Å². The minimum atomic E-state index is -0.137. The van der Waals surface area contributed by atoms with E-state index in [1.54, 1.807) is 33.5 Å². The number of carbonyl (C=O) groups excluding carboxylic acids is 1. The maximum atomic E-state index is 12.4. The van der Waals surface area contributed by atoms with Crippen LogP contribution in [0, 0.1) is 6.92 Å². The number of aryl methyl sites for hydroxylation is 1.